The molecular formula is C82H160O17P2. The molecule has 0 rings (SSSR count). The maximum Gasteiger partial charge on any atom is 0.472 e. The minimum Gasteiger partial charge on any atom is -0.462 e. The van der Waals surface area contributed by atoms with Gasteiger partial charge in [0, 0.05) is 25.7 Å². The second kappa shape index (κ2) is 71.0. The second-order valence-corrected chi connectivity index (χ2v) is 33.9. The molecule has 3 N–H and O–H groups in total. The fraction of sp³-hybridized carbons (Fsp3) is 0.951. The average molecular weight is 1480 g/mol. The van der Waals surface area contributed by atoms with Crippen LogP contribution in [0, 0.1) is 23.7 Å². The molecule has 0 radical (unpaired) electrons. The third-order valence-corrected chi connectivity index (χ3v) is 21.7. The van der Waals surface area contributed by atoms with Crippen LogP contribution >= 0.6 is 15.6 Å². The van der Waals surface area contributed by atoms with Crippen molar-refractivity contribution < 1.29 is 80.2 Å². The Bertz CT molecular complexity index is 1980. The number of phosphoric ester groups is 2. The van der Waals surface area contributed by atoms with E-state index >= 15 is 0 Å². The zero-order valence-electron chi connectivity index (χ0n) is 66.5. The lowest BCUT2D eigenvalue weighted by Crippen LogP contribution is -2.30. The van der Waals surface area contributed by atoms with Crippen LogP contribution in [0.2, 0.25) is 0 Å². The molecule has 0 saturated carbocycles. The van der Waals surface area contributed by atoms with Crippen LogP contribution in [-0.2, 0) is 65.4 Å². The van der Waals surface area contributed by atoms with Gasteiger partial charge in [0.05, 0.1) is 26.4 Å². The topological polar surface area (TPSA) is 237 Å². The van der Waals surface area contributed by atoms with Gasteiger partial charge >= 0.3 is 39.5 Å². The number of carbonyl (C=O) groups is 4. The predicted molar refractivity (Wildman–Crippen MR) is 414 cm³/mol. The molecule has 0 amide bonds. The molecule has 600 valence electrons. The normalized spacial score (nSPS) is 14.5. The van der Waals surface area contributed by atoms with E-state index in [-0.39, 0.29) is 25.7 Å². The zero-order valence-corrected chi connectivity index (χ0v) is 68.3. The van der Waals surface area contributed by atoms with Gasteiger partial charge in [-0.3, -0.25) is 37.3 Å². The molecule has 0 aromatic heterocycles. The molecule has 0 heterocycles. The molecule has 0 aromatic carbocycles. The molecule has 0 aliphatic carbocycles. The number of unbranched alkanes of at least 4 members (excludes halogenated alkanes) is 43. The van der Waals surface area contributed by atoms with Gasteiger partial charge in [-0.25, -0.2) is 9.13 Å². The van der Waals surface area contributed by atoms with Gasteiger partial charge < -0.3 is 33.8 Å². The lowest BCUT2D eigenvalue weighted by atomic mass is 9.99. The first-order chi connectivity index (χ1) is 48.7. The van der Waals surface area contributed by atoms with Crippen molar-refractivity contribution in [2.45, 2.75) is 440 Å². The van der Waals surface area contributed by atoms with Gasteiger partial charge in [-0.1, -0.05) is 370 Å². The smallest absolute Gasteiger partial charge is 0.462 e. The number of rotatable bonds is 79. The van der Waals surface area contributed by atoms with Crippen molar-refractivity contribution in [1.82, 2.24) is 0 Å². The van der Waals surface area contributed by atoms with Crippen LogP contribution in [-0.4, -0.2) is 96.7 Å². The fourth-order valence-corrected chi connectivity index (χ4v) is 14.1. The number of carbonyl (C=O) groups excluding carboxylic acids is 4. The van der Waals surface area contributed by atoms with Gasteiger partial charge in [-0.15, -0.1) is 0 Å². The highest BCUT2D eigenvalue weighted by Gasteiger charge is 2.30. The Kier molecular flexibility index (Phi) is 69.6. The first kappa shape index (κ1) is 99.1. The molecule has 4 unspecified atom stereocenters. The molecule has 0 spiro atoms. The minimum atomic E-state index is -4.96. The summed E-state index contributed by atoms with van der Waals surface area (Å²) in [4.78, 5) is 73.0. The lowest BCUT2D eigenvalue weighted by molar-refractivity contribution is -0.161. The Balaban J connectivity index is 5.20. The summed E-state index contributed by atoms with van der Waals surface area (Å²) in [5.41, 5.74) is 0. The largest absolute Gasteiger partial charge is 0.472 e. The van der Waals surface area contributed by atoms with Gasteiger partial charge in [0.1, 0.15) is 19.3 Å². The summed E-state index contributed by atoms with van der Waals surface area (Å²) in [5.74, 6) is 1.04. The highest BCUT2D eigenvalue weighted by Crippen LogP contribution is 2.45. The van der Waals surface area contributed by atoms with E-state index in [1.165, 1.54) is 218 Å². The van der Waals surface area contributed by atoms with E-state index in [1.54, 1.807) is 0 Å². The molecule has 0 fully saturated rings. The lowest BCUT2D eigenvalue weighted by Gasteiger charge is -2.21. The first-order valence-corrected chi connectivity index (χ1v) is 45.3. The second-order valence-electron chi connectivity index (χ2n) is 31.0. The molecule has 0 aliphatic heterocycles. The van der Waals surface area contributed by atoms with E-state index < -0.39 is 97.5 Å². The van der Waals surface area contributed by atoms with Crippen LogP contribution in [0.15, 0.2) is 0 Å². The Hall–Kier alpha value is -1.94. The molecule has 17 nitrogen and oxygen atoms in total. The molecule has 0 aliphatic rings. The van der Waals surface area contributed by atoms with E-state index in [0.717, 1.165) is 120 Å². The molecule has 19 heteroatoms. The maximum absolute atomic E-state index is 13.1. The first-order valence-electron chi connectivity index (χ1n) is 42.3. The fourth-order valence-electron chi connectivity index (χ4n) is 12.5. The molecule has 7 atom stereocenters. The summed E-state index contributed by atoms with van der Waals surface area (Å²) >= 11 is 0. The Morgan fingerprint density at radius 3 is 0.703 bits per heavy atom. The van der Waals surface area contributed by atoms with Crippen LogP contribution < -0.4 is 0 Å². The summed E-state index contributed by atoms with van der Waals surface area (Å²) in [6, 6.07) is 0. The minimum absolute atomic E-state index is 0.106. The third-order valence-electron chi connectivity index (χ3n) is 19.8. The van der Waals surface area contributed by atoms with Crippen LogP contribution in [0.25, 0.3) is 0 Å². The van der Waals surface area contributed by atoms with E-state index in [9.17, 15) is 43.2 Å². The summed E-state index contributed by atoms with van der Waals surface area (Å²) in [6.07, 6.45) is 58.3. The number of aliphatic hydroxyl groups excluding tert-OH is 1. The molecule has 0 bridgehead atoms. The van der Waals surface area contributed by atoms with Gasteiger partial charge in [-0.2, -0.15) is 0 Å². The number of hydrogen-bond donors (Lipinski definition) is 3. The molecule has 101 heavy (non-hydrogen) atoms. The molecule has 0 saturated heterocycles. The van der Waals surface area contributed by atoms with Crippen molar-refractivity contribution in [3.8, 4) is 0 Å². The van der Waals surface area contributed by atoms with Gasteiger partial charge in [0.15, 0.2) is 12.2 Å². The highest BCUT2D eigenvalue weighted by atomic mass is 31.2. The van der Waals surface area contributed by atoms with E-state index in [2.05, 4.69) is 55.4 Å². The number of esters is 4. The van der Waals surface area contributed by atoms with E-state index in [4.69, 9.17) is 37.0 Å². The van der Waals surface area contributed by atoms with Crippen molar-refractivity contribution in [1.29, 1.82) is 0 Å². The Labute approximate surface area is 619 Å². The van der Waals surface area contributed by atoms with Crippen molar-refractivity contribution in [2.24, 2.45) is 23.7 Å². The summed E-state index contributed by atoms with van der Waals surface area (Å²) in [7, 11) is -9.92. The number of ether oxygens (including phenoxy) is 4. The van der Waals surface area contributed by atoms with Gasteiger partial charge in [0.25, 0.3) is 0 Å². The van der Waals surface area contributed by atoms with E-state index in [1.807, 2.05) is 0 Å². The number of aliphatic hydroxyl groups is 1. The van der Waals surface area contributed by atoms with Crippen LogP contribution in [0.5, 0.6) is 0 Å². The van der Waals surface area contributed by atoms with Crippen molar-refractivity contribution >= 4 is 39.5 Å². The van der Waals surface area contributed by atoms with Gasteiger partial charge in [0.2, 0.25) is 0 Å². The molecule has 0 aromatic rings. The maximum atomic E-state index is 13.1. The highest BCUT2D eigenvalue weighted by molar-refractivity contribution is 7.47. The van der Waals surface area contributed by atoms with Crippen LogP contribution in [0.1, 0.15) is 421 Å². The third kappa shape index (κ3) is 73.4. The van der Waals surface area contributed by atoms with Gasteiger partial charge in [-0.05, 0) is 49.4 Å². The van der Waals surface area contributed by atoms with Crippen molar-refractivity contribution in [3.63, 3.8) is 0 Å². The Morgan fingerprint density at radius 1 is 0.277 bits per heavy atom. The van der Waals surface area contributed by atoms with Crippen molar-refractivity contribution in [3.05, 3.63) is 0 Å². The van der Waals surface area contributed by atoms with Crippen molar-refractivity contribution in [2.75, 3.05) is 39.6 Å². The van der Waals surface area contributed by atoms with Crippen LogP contribution in [0.4, 0.5) is 0 Å². The number of phosphoric acid groups is 2. The summed E-state index contributed by atoms with van der Waals surface area (Å²) < 4.78 is 68.7. The zero-order chi connectivity index (χ0) is 74.6. The van der Waals surface area contributed by atoms with E-state index in [0.29, 0.717) is 25.7 Å². The standard InChI is InChI=1S/C82H160O17P2/c1-9-74(7)60-52-44-36-30-24-17-15-13-11-12-14-16-18-25-32-38-48-56-64-82(87)99-78(69-93-80(85)63-55-47-41-40-45-53-61-75(8)10-2)71-97-101(90,91)95-67-76(83)66-94-100(88,89)96-70-77(68-92-79(84)62-54-46-37-31-27-21-23-29-35-43-51-59-73(5)6)98-81(86)65-57-49-39-33-26-20-19-22-28-34-42-50-58-72(3)4/h72-78,83H,9-71H2,1-8H3,(H,88,89)(H,90,91)/t74?,75?,76-,77-,78-/m1/s1. The number of hydrogen-bond acceptors (Lipinski definition) is 15. The molecular weight excluding hydrogens is 1320 g/mol. The predicted octanol–water partition coefficient (Wildman–Crippen LogP) is 24.4. The van der Waals surface area contributed by atoms with Crippen LogP contribution in [0.3, 0.4) is 0 Å². The summed E-state index contributed by atoms with van der Waals surface area (Å²) in [6.45, 7) is 14.3. The summed E-state index contributed by atoms with van der Waals surface area (Å²) in [5, 5.41) is 10.6. The SMILES string of the molecule is CCC(C)CCCCCCCCCCCCCCCCCCCCC(=O)O[C@H](COC(=O)CCCCCCCCC(C)CC)COP(=O)(O)OC[C@H](O)COP(=O)(O)OC[C@@H](COC(=O)CCCCCCCCCCCCCC(C)C)OC(=O)CCCCCCCCCCCCCCC(C)C. The Morgan fingerprint density at radius 2 is 0.475 bits per heavy atom. The monoisotopic (exact) mass is 1480 g/mol. The quantitative estimate of drug-likeness (QED) is 0.0222. The average Bonchev–Trinajstić information content (AvgIpc) is 0.951.